The highest BCUT2D eigenvalue weighted by atomic mass is 16.5. The van der Waals surface area contributed by atoms with Crippen LogP contribution in [0.2, 0.25) is 0 Å². The van der Waals surface area contributed by atoms with Crippen LogP contribution in [-0.4, -0.2) is 30.7 Å². The Kier molecular flexibility index (Phi) is 5.22. The largest absolute Gasteiger partial charge is 0.376 e. The van der Waals surface area contributed by atoms with Crippen molar-refractivity contribution in [3.05, 3.63) is 0 Å². The molecule has 1 aliphatic heterocycles. The minimum Gasteiger partial charge on any atom is -0.376 e. The molecule has 94 valence electrons. The molecule has 1 fully saturated rings. The second-order valence-electron chi connectivity index (χ2n) is 5.28. The van der Waals surface area contributed by atoms with Crippen LogP contribution >= 0.6 is 0 Å². The van der Waals surface area contributed by atoms with Gasteiger partial charge in [-0.25, -0.2) is 0 Å². The van der Waals surface area contributed by atoms with Gasteiger partial charge < -0.3 is 15.8 Å². The van der Waals surface area contributed by atoms with E-state index in [0.717, 1.165) is 19.4 Å². The van der Waals surface area contributed by atoms with Gasteiger partial charge in [0.05, 0.1) is 6.10 Å². The van der Waals surface area contributed by atoms with Crippen LogP contribution in [0.4, 0.5) is 0 Å². The summed E-state index contributed by atoms with van der Waals surface area (Å²) in [6.07, 6.45) is 4.83. The Morgan fingerprint density at radius 1 is 1.50 bits per heavy atom. The minimum atomic E-state index is -0.265. The fourth-order valence-electron chi connectivity index (χ4n) is 1.72. The standard InChI is InChI=1S/C12H24N2O2/c1-12(2,13)7-6-11(15)14-9-10-5-3-4-8-16-10/h10H,3-9,13H2,1-2H3,(H,14,15). The number of carbonyl (C=O) groups excluding carboxylic acids is 1. The maximum atomic E-state index is 11.5. The quantitative estimate of drug-likeness (QED) is 0.743. The summed E-state index contributed by atoms with van der Waals surface area (Å²) in [4.78, 5) is 11.5. The van der Waals surface area contributed by atoms with Gasteiger partial charge >= 0.3 is 0 Å². The number of amides is 1. The molecule has 0 aromatic heterocycles. The van der Waals surface area contributed by atoms with Crippen LogP contribution in [0.3, 0.4) is 0 Å². The molecule has 0 spiro atoms. The molecule has 16 heavy (non-hydrogen) atoms. The predicted molar refractivity (Wildman–Crippen MR) is 64.1 cm³/mol. The lowest BCUT2D eigenvalue weighted by Crippen LogP contribution is -2.38. The first kappa shape index (κ1) is 13.5. The molecule has 1 heterocycles. The first-order valence-corrected chi connectivity index (χ1v) is 6.14. The second-order valence-corrected chi connectivity index (χ2v) is 5.28. The summed E-state index contributed by atoms with van der Waals surface area (Å²) in [7, 11) is 0. The van der Waals surface area contributed by atoms with E-state index in [4.69, 9.17) is 10.5 Å². The molecule has 4 heteroatoms. The van der Waals surface area contributed by atoms with Crippen molar-refractivity contribution in [3.8, 4) is 0 Å². The van der Waals surface area contributed by atoms with Crippen molar-refractivity contribution in [1.82, 2.24) is 5.32 Å². The van der Waals surface area contributed by atoms with Crippen molar-refractivity contribution in [2.45, 2.75) is 57.6 Å². The van der Waals surface area contributed by atoms with Crippen molar-refractivity contribution < 1.29 is 9.53 Å². The monoisotopic (exact) mass is 228 g/mol. The fourth-order valence-corrected chi connectivity index (χ4v) is 1.72. The molecular formula is C12H24N2O2. The van der Waals surface area contributed by atoms with Gasteiger partial charge in [0.1, 0.15) is 0 Å². The van der Waals surface area contributed by atoms with E-state index >= 15 is 0 Å². The lowest BCUT2D eigenvalue weighted by atomic mass is 10.00. The van der Waals surface area contributed by atoms with Crippen molar-refractivity contribution in [1.29, 1.82) is 0 Å². The van der Waals surface area contributed by atoms with E-state index in [1.54, 1.807) is 0 Å². The fraction of sp³-hybridized carbons (Fsp3) is 0.917. The molecule has 0 saturated carbocycles. The Morgan fingerprint density at radius 2 is 2.25 bits per heavy atom. The molecule has 1 amide bonds. The lowest BCUT2D eigenvalue weighted by molar-refractivity contribution is -0.122. The number of nitrogens with two attached hydrogens (primary N) is 1. The molecule has 4 nitrogen and oxygen atoms in total. The molecule has 1 saturated heterocycles. The zero-order chi connectivity index (χ0) is 12.0. The van der Waals surface area contributed by atoms with Crippen molar-refractivity contribution in [2.75, 3.05) is 13.2 Å². The third kappa shape index (κ3) is 6.08. The van der Waals surface area contributed by atoms with Gasteiger partial charge in [-0.15, -0.1) is 0 Å². The highest BCUT2D eigenvalue weighted by Gasteiger charge is 2.16. The van der Waals surface area contributed by atoms with Crippen molar-refractivity contribution in [2.24, 2.45) is 5.73 Å². The molecule has 0 radical (unpaired) electrons. The van der Waals surface area contributed by atoms with E-state index in [9.17, 15) is 4.79 Å². The Balaban J connectivity index is 2.09. The van der Waals surface area contributed by atoms with Gasteiger partial charge in [0.2, 0.25) is 5.91 Å². The minimum absolute atomic E-state index is 0.0766. The SMILES string of the molecule is CC(C)(N)CCC(=O)NCC1CCCCO1. The number of carbonyl (C=O) groups is 1. The Morgan fingerprint density at radius 3 is 2.81 bits per heavy atom. The summed E-state index contributed by atoms with van der Waals surface area (Å²) in [5.74, 6) is 0.0766. The number of ether oxygens (including phenoxy) is 1. The highest BCUT2D eigenvalue weighted by molar-refractivity contribution is 5.75. The van der Waals surface area contributed by atoms with Crippen LogP contribution in [0.1, 0.15) is 46.0 Å². The predicted octanol–water partition coefficient (Wildman–Crippen LogP) is 1.19. The molecule has 1 aliphatic rings. The van der Waals surface area contributed by atoms with Crippen molar-refractivity contribution >= 4 is 5.91 Å². The van der Waals surface area contributed by atoms with Crippen LogP contribution in [0, 0.1) is 0 Å². The zero-order valence-corrected chi connectivity index (χ0v) is 10.4. The van der Waals surface area contributed by atoms with E-state index in [1.165, 1.54) is 6.42 Å². The first-order valence-electron chi connectivity index (χ1n) is 6.14. The van der Waals surface area contributed by atoms with E-state index in [-0.39, 0.29) is 17.6 Å². The van der Waals surface area contributed by atoms with Crippen LogP contribution < -0.4 is 11.1 Å². The van der Waals surface area contributed by atoms with Gasteiger partial charge in [-0.1, -0.05) is 0 Å². The van der Waals surface area contributed by atoms with E-state index in [1.807, 2.05) is 13.8 Å². The number of nitrogens with one attached hydrogen (secondary N) is 1. The zero-order valence-electron chi connectivity index (χ0n) is 10.4. The first-order chi connectivity index (χ1) is 7.47. The lowest BCUT2D eigenvalue weighted by Gasteiger charge is -2.23. The topological polar surface area (TPSA) is 64.4 Å². The molecular weight excluding hydrogens is 204 g/mol. The molecule has 1 atom stereocenters. The normalized spacial score (nSPS) is 21.8. The van der Waals surface area contributed by atoms with Crippen LogP contribution in [0.25, 0.3) is 0 Å². The van der Waals surface area contributed by atoms with Gasteiger partial charge in [0.15, 0.2) is 0 Å². The van der Waals surface area contributed by atoms with E-state index in [0.29, 0.717) is 19.4 Å². The Labute approximate surface area is 97.9 Å². The van der Waals surface area contributed by atoms with E-state index in [2.05, 4.69) is 5.32 Å². The van der Waals surface area contributed by atoms with Gasteiger partial charge in [0.25, 0.3) is 0 Å². The molecule has 0 bridgehead atoms. The van der Waals surface area contributed by atoms with E-state index < -0.39 is 0 Å². The third-order valence-electron chi connectivity index (χ3n) is 2.80. The molecule has 1 unspecified atom stereocenters. The maximum absolute atomic E-state index is 11.5. The molecule has 1 rings (SSSR count). The van der Waals surface area contributed by atoms with Crippen LogP contribution in [-0.2, 0) is 9.53 Å². The molecule has 0 aliphatic carbocycles. The average molecular weight is 228 g/mol. The summed E-state index contributed by atoms with van der Waals surface area (Å²) in [5.41, 5.74) is 5.55. The Bertz CT molecular complexity index is 218. The molecule has 3 N–H and O–H groups in total. The molecule has 0 aromatic rings. The Hall–Kier alpha value is -0.610. The number of rotatable bonds is 5. The summed E-state index contributed by atoms with van der Waals surface area (Å²) in [6.45, 7) is 5.34. The smallest absolute Gasteiger partial charge is 0.220 e. The third-order valence-corrected chi connectivity index (χ3v) is 2.80. The average Bonchev–Trinajstić information content (AvgIpc) is 2.24. The van der Waals surface area contributed by atoms with Crippen LogP contribution in [0.5, 0.6) is 0 Å². The van der Waals surface area contributed by atoms with Gasteiger partial charge in [0, 0.05) is 25.1 Å². The summed E-state index contributed by atoms with van der Waals surface area (Å²) < 4.78 is 5.53. The van der Waals surface area contributed by atoms with Gasteiger partial charge in [-0.05, 0) is 39.5 Å². The highest BCUT2D eigenvalue weighted by Crippen LogP contribution is 2.12. The number of hydrogen-bond acceptors (Lipinski definition) is 3. The van der Waals surface area contributed by atoms with Gasteiger partial charge in [-0.3, -0.25) is 4.79 Å². The summed E-state index contributed by atoms with van der Waals surface area (Å²) >= 11 is 0. The summed E-state index contributed by atoms with van der Waals surface area (Å²) in [6, 6.07) is 0. The van der Waals surface area contributed by atoms with Gasteiger partial charge in [-0.2, -0.15) is 0 Å². The second kappa shape index (κ2) is 6.21. The molecule has 0 aromatic carbocycles. The van der Waals surface area contributed by atoms with Crippen LogP contribution in [0.15, 0.2) is 0 Å². The number of hydrogen-bond donors (Lipinski definition) is 2. The maximum Gasteiger partial charge on any atom is 0.220 e. The van der Waals surface area contributed by atoms with Crippen molar-refractivity contribution in [3.63, 3.8) is 0 Å². The summed E-state index contributed by atoms with van der Waals surface area (Å²) in [5, 5.41) is 2.91.